The largest absolute Gasteiger partial charge is 0.251 e. The molecular formula is C26H16Cl3F4N3. The molecule has 3 nitrogen and oxygen atoms in total. The smallest absolute Gasteiger partial charge is 0.137 e. The minimum Gasteiger partial charge on any atom is -0.251 e. The third kappa shape index (κ3) is 4.96. The number of aromatic nitrogens is 3. The molecule has 0 aliphatic carbocycles. The molecule has 2 aromatic carbocycles. The highest BCUT2D eigenvalue weighted by atomic mass is 35.5. The van der Waals surface area contributed by atoms with Crippen molar-refractivity contribution in [1.29, 1.82) is 0 Å². The number of hydrogen-bond acceptors (Lipinski definition) is 3. The minimum atomic E-state index is -0.734. The molecule has 3 aromatic heterocycles. The van der Waals surface area contributed by atoms with E-state index in [0.29, 0.717) is 22.5 Å². The first-order valence-electron chi connectivity index (χ1n) is 10.5. The summed E-state index contributed by atoms with van der Waals surface area (Å²) in [6.45, 7) is 5.23. The number of fused-ring (bicyclic) bond motifs is 2. The molecule has 5 rings (SSSR count). The van der Waals surface area contributed by atoms with Crippen LogP contribution in [-0.4, -0.2) is 15.0 Å². The zero-order valence-corrected chi connectivity index (χ0v) is 21.3. The highest BCUT2D eigenvalue weighted by Gasteiger charge is 2.17. The second-order valence-corrected chi connectivity index (χ2v) is 9.08. The predicted octanol–water partition coefficient (Wildman–Crippen LogP) is 8.97. The molecule has 0 unspecified atom stereocenters. The fraction of sp³-hybridized carbons (Fsp3) is 0.115. The first-order valence-corrected chi connectivity index (χ1v) is 11.6. The highest BCUT2D eigenvalue weighted by Crippen LogP contribution is 2.34. The van der Waals surface area contributed by atoms with Gasteiger partial charge in [-0.25, -0.2) is 27.5 Å². The molecule has 0 amide bonds. The van der Waals surface area contributed by atoms with E-state index in [1.165, 1.54) is 6.07 Å². The standard InChI is InChI=1S/C16H11ClF2N2.C10H5Cl2F2N/c1-8-4-3-5-12(20-8)16-9(2)15(17)14-11(19)6-10(18)7-13(14)21-16;1-4-9(11)8-6(14)2-5(13)3-7(8)15-10(4)12/h3-7H,1-2H3;2-3H,1H3. The average Bonchev–Trinajstić information content (AvgIpc) is 2.79. The van der Waals surface area contributed by atoms with Gasteiger partial charge in [-0.1, -0.05) is 40.9 Å². The van der Waals surface area contributed by atoms with Crippen LogP contribution >= 0.6 is 34.8 Å². The van der Waals surface area contributed by atoms with E-state index in [1.807, 2.05) is 19.1 Å². The number of halogens is 7. The third-order valence-corrected chi connectivity index (χ3v) is 6.73. The summed E-state index contributed by atoms with van der Waals surface area (Å²) in [6.07, 6.45) is 0. The van der Waals surface area contributed by atoms with Crippen LogP contribution in [-0.2, 0) is 0 Å². The van der Waals surface area contributed by atoms with E-state index >= 15 is 0 Å². The molecule has 0 spiro atoms. The summed E-state index contributed by atoms with van der Waals surface area (Å²) in [7, 11) is 0. The molecule has 0 fully saturated rings. The van der Waals surface area contributed by atoms with Gasteiger partial charge in [-0.2, -0.15) is 0 Å². The van der Waals surface area contributed by atoms with Gasteiger partial charge in [-0.3, -0.25) is 4.98 Å². The van der Waals surface area contributed by atoms with Crippen LogP contribution in [0.5, 0.6) is 0 Å². The quantitative estimate of drug-likeness (QED) is 0.154. The van der Waals surface area contributed by atoms with Gasteiger partial charge in [0.05, 0.1) is 43.2 Å². The van der Waals surface area contributed by atoms with E-state index in [1.54, 1.807) is 19.9 Å². The van der Waals surface area contributed by atoms with Crippen molar-refractivity contribution in [2.75, 3.05) is 0 Å². The van der Waals surface area contributed by atoms with Gasteiger partial charge in [-0.15, -0.1) is 0 Å². The van der Waals surface area contributed by atoms with Crippen LogP contribution in [0.4, 0.5) is 17.6 Å². The van der Waals surface area contributed by atoms with E-state index in [-0.39, 0.29) is 37.0 Å². The monoisotopic (exact) mass is 551 g/mol. The fourth-order valence-electron chi connectivity index (χ4n) is 3.62. The molecule has 0 atom stereocenters. The van der Waals surface area contributed by atoms with Crippen molar-refractivity contribution in [2.24, 2.45) is 0 Å². The van der Waals surface area contributed by atoms with Gasteiger partial charge in [0.2, 0.25) is 0 Å². The van der Waals surface area contributed by atoms with E-state index in [0.717, 1.165) is 23.9 Å². The van der Waals surface area contributed by atoms with E-state index < -0.39 is 23.3 Å². The number of rotatable bonds is 1. The number of nitrogens with zero attached hydrogens (tertiary/aromatic N) is 3. The van der Waals surface area contributed by atoms with Gasteiger partial charge < -0.3 is 0 Å². The third-order valence-electron chi connectivity index (χ3n) is 5.41. The topological polar surface area (TPSA) is 38.7 Å². The maximum absolute atomic E-state index is 13.9. The lowest BCUT2D eigenvalue weighted by Gasteiger charge is -2.11. The summed E-state index contributed by atoms with van der Waals surface area (Å²) in [4.78, 5) is 12.6. The average molecular weight is 553 g/mol. The zero-order valence-electron chi connectivity index (χ0n) is 19.0. The molecule has 0 aliphatic rings. The van der Waals surface area contributed by atoms with Crippen LogP contribution in [0, 0.1) is 44.0 Å². The maximum Gasteiger partial charge on any atom is 0.137 e. The van der Waals surface area contributed by atoms with Crippen molar-refractivity contribution in [3.63, 3.8) is 0 Å². The zero-order chi connectivity index (χ0) is 26.3. The van der Waals surface area contributed by atoms with Crippen LogP contribution in [0.3, 0.4) is 0 Å². The normalized spacial score (nSPS) is 11.1. The van der Waals surface area contributed by atoms with Gasteiger partial charge in [0.25, 0.3) is 0 Å². The summed E-state index contributed by atoms with van der Waals surface area (Å²) in [6, 6.07) is 9.34. The Hall–Kier alpha value is -3.00. The Balaban J connectivity index is 0.000000179. The van der Waals surface area contributed by atoms with Gasteiger partial charge in [-0.05, 0) is 38.5 Å². The molecule has 0 N–H and O–H groups in total. The number of benzene rings is 2. The molecule has 0 bridgehead atoms. The lowest BCUT2D eigenvalue weighted by atomic mass is 10.1. The molecule has 10 heteroatoms. The first-order chi connectivity index (χ1) is 17.0. The predicted molar refractivity (Wildman–Crippen MR) is 136 cm³/mol. The molecule has 0 radical (unpaired) electrons. The first kappa shape index (κ1) is 26.1. The molecule has 0 saturated carbocycles. The van der Waals surface area contributed by atoms with Crippen LogP contribution in [0.25, 0.3) is 33.2 Å². The summed E-state index contributed by atoms with van der Waals surface area (Å²) in [5, 5.41) is 0.780. The minimum absolute atomic E-state index is 0.0972. The van der Waals surface area contributed by atoms with Gasteiger partial charge in [0.1, 0.15) is 28.4 Å². The van der Waals surface area contributed by atoms with Crippen LogP contribution < -0.4 is 0 Å². The number of pyridine rings is 3. The van der Waals surface area contributed by atoms with E-state index in [9.17, 15) is 17.6 Å². The Bertz CT molecular complexity index is 1660. The molecule has 0 aliphatic heterocycles. The Morgan fingerprint density at radius 3 is 1.72 bits per heavy atom. The van der Waals surface area contributed by atoms with Crippen LogP contribution in [0.2, 0.25) is 15.2 Å². The number of aryl methyl sites for hydroxylation is 1. The fourth-order valence-corrected chi connectivity index (χ4v) is 4.41. The Kier molecular flexibility index (Phi) is 7.36. The lowest BCUT2D eigenvalue weighted by molar-refractivity contribution is 0.590. The van der Waals surface area contributed by atoms with Crippen molar-refractivity contribution in [3.8, 4) is 11.4 Å². The van der Waals surface area contributed by atoms with Crippen molar-refractivity contribution in [3.05, 3.63) is 97.8 Å². The molecule has 0 saturated heterocycles. The Morgan fingerprint density at radius 1 is 0.639 bits per heavy atom. The summed E-state index contributed by atoms with van der Waals surface area (Å²) in [5.41, 5.74) is 3.39. The molecule has 5 aromatic rings. The van der Waals surface area contributed by atoms with Crippen molar-refractivity contribution < 1.29 is 17.6 Å². The van der Waals surface area contributed by atoms with Crippen LogP contribution in [0.15, 0.2) is 42.5 Å². The van der Waals surface area contributed by atoms with Gasteiger partial charge in [0.15, 0.2) is 0 Å². The molecular weight excluding hydrogens is 537 g/mol. The number of hydrogen-bond donors (Lipinski definition) is 0. The van der Waals surface area contributed by atoms with Crippen LogP contribution in [0.1, 0.15) is 16.8 Å². The Morgan fingerprint density at radius 2 is 1.17 bits per heavy atom. The van der Waals surface area contributed by atoms with Gasteiger partial charge >= 0.3 is 0 Å². The second-order valence-electron chi connectivity index (χ2n) is 7.97. The van der Waals surface area contributed by atoms with Crippen molar-refractivity contribution in [1.82, 2.24) is 15.0 Å². The maximum atomic E-state index is 13.9. The molecule has 3 heterocycles. The van der Waals surface area contributed by atoms with Crippen molar-refractivity contribution in [2.45, 2.75) is 20.8 Å². The molecule has 184 valence electrons. The second kappa shape index (κ2) is 10.2. The summed E-state index contributed by atoms with van der Waals surface area (Å²) >= 11 is 17.9. The van der Waals surface area contributed by atoms with Crippen molar-refractivity contribution >= 4 is 56.6 Å². The van der Waals surface area contributed by atoms with E-state index in [2.05, 4.69) is 15.0 Å². The SMILES string of the molecule is Cc1c(Cl)nc2cc(F)cc(F)c2c1Cl.Cc1cccc(-c2nc3cc(F)cc(F)c3c(Cl)c2C)n1. The van der Waals surface area contributed by atoms with Gasteiger partial charge in [0, 0.05) is 35.5 Å². The Labute approximate surface area is 218 Å². The highest BCUT2D eigenvalue weighted by molar-refractivity contribution is 6.39. The molecule has 36 heavy (non-hydrogen) atoms. The summed E-state index contributed by atoms with van der Waals surface area (Å²) in [5.74, 6) is -2.84. The summed E-state index contributed by atoms with van der Waals surface area (Å²) < 4.78 is 53.6. The lowest BCUT2D eigenvalue weighted by Crippen LogP contribution is -1.97. The van der Waals surface area contributed by atoms with E-state index in [4.69, 9.17) is 34.8 Å².